The highest BCUT2D eigenvalue weighted by atomic mass is 16.5. The second kappa shape index (κ2) is 8.25. The van der Waals surface area contributed by atoms with Gasteiger partial charge in [-0.2, -0.15) is 0 Å². The number of methoxy groups -OCH3 is 1. The molecule has 1 aliphatic rings. The Hall–Kier alpha value is -2.86. The summed E-state index contributed by atoms with van der Waals surface area (Å²) in [4.78, 5) is 20.2. The smallest absolute Gasteiger partial charge is 0.254 e. The fraction of sp³-hybridized carbons (Fsp3) is 0.391. The normalized spacial score (nSPS) is 15.8. The Morgan fingerprint density at radius 1 is 1.31 bits per heavy atom. The van der Waals surface area contributed by atoms with Crippen LogP contribution in [0.15, 0.2) is 42.5 Å². The van der Waals surface area contributed by atoms with Gasteiger partial charge in [0, 0.05) is 44.9 Å². The van der Waals surface area contributed by atoms with Crippen molar-refractivity contribution in [3.05, 3.63) is 59.4 Å². The lowest BCUT2D eigenvalue weighted by Gasteiger charge is -2.36. The molecule has 29 heavy (non-hydrogen) atoms. The van der Waals surface area contributed by atoms with Gasteiger partial charge in [0.05, 0.1) is 23.7 Å². The molecule has 0 radical (unpaired) electrons. The van der Waals surface area contributed by atoms with E-state index in [4.69, 9.17) is 9.47 Å². The maximum absolute atomic E-state index is 13.6. The highest BCUT2D eigenvalue weighted by molar-refractivity contribution is 5.97. The summed E-state index contributed by atoms with van der Waals surface area (Å²) in [6, 6.07) is 13.8. The molecule has 1 atom stereocenters. The molecule has 4 rings (SSSR count). The van der Waals surface area contributed by atoms with Gasteiger partial charge in [0.15, 0.2) is 0 Å². The van der Waals surface area contributed by atoms with Gasteiger partial charge in [-0.25, -0.2) is 4.98 Å². The van der Waals surface area contributed by atoms with E-state index in [2.05, 4.69) is 11.1 Å². The summed E-state index contributed by atoms with van der Waals surface area (Å²) in [6.45, 7) is 3.82. The van der Waals surface area contributed by atoms with E-state index in [1.165, 1.54) is 0 Å². The number of para-hydroxylation sites is 1. The first-order valence-electron chi connectivity index (χ1n) is 10.0. The molecule has 1 aliphatic heterocycles. The molecule has 0 spiro atoms. The van der Waals surface area contributed by atoms with Crippen LogP contribution in [0.3, 0.4) is 0 Å². The van der Waals surface area contributed by atoms with Crippen molar-refractivity contribution >= 4 is 16.9 Å². The number of rotatable bonds is 6. The average molecular weight is 393 g/mol. The van der Waals surface area contributed by atoms with Gasteiger partial charge >= 0.3 is 0 Å². The molecule has 2 heterocycles. The molecule has 1 aromatic heterocycles. The molecule has 0 fully saturated rings. The number of fused-ring (bicyclic) bond motifs is 2. The summed E-state index contributed by atoms with van der Waals surface area (Å²) < 4.78 is 13.1. The summed E-state index contributed by atoms with van der Waals surface area (Å²) in [6.07, 6.45) is 1.56. The van der Waals surface area contributed by atoms with Crippen LogP contribution in [0.4, 0.5) is 0 Å². The summed E-state index contributed by atoms with van der Waals surface area (Å²) >= 11 is 0. The molecule has 0 saturated carbocycles. The Labute approximate surface area is 171 Å². The number of nitrogens with zero attached hydrogens (tertiary/aromatic N) is 3. The van der Waals surface area contributed by atoms with Gasteiger partial charge in [-0.15, -0.1) is 0 Å². The lowest BCUT2D eigenvalue weighted by molar-refractivity contribution is 0.0596. The molecule has 0 saturated heterocycles. The molecule has 1 amide bonds. The van der Waals surface area contributed by atoms with Crippen LogP contribution in [-0.4, -0.2) is 47.2 Å². The molecular formula is C23H27N3O3. The average Bonchev–Trinajstić information content (AvgIpc) is 3.03. The highest BCUT2D eigenvalue weighted by Crippen LogP contribution is 2.36. The fourth-order valence-electron chi connectivity index (χ4n) is 4.04. The first-order valence-corrected chi connectivity index (χ1v) is 10.0. The standard InChI is InChI=1S/C23H27N3O3/c1-16-24-19-15-17(9-10-21(19)25(16)2)23(27)26(12-6-13-28-3)20-11-14-29-22-8-5-4-7-18(20)22/h4-5,7-10,15,20H,6,11-14H2,1-3H3. The van der Waals surface area contributed by atoms with Crippen molar-refractivity contribution in [3.63, 3.8) is 0 Å². The molecule has 3 aromatic rings. The molecule has 0 bridgehead atoms. The number of amides is 1. The number of benzene rings is 2. The van der Waals surface area contributed by atoms with Crippen molar-refractivity contribution in [1.29, 1.82) is 0 Å². The van der Waals surface area contributed by atoms with Crippen LogP contribution in [0.1, 0.15) is 40.6 Å². The van der Waals surface area contributed by atoms with E-state index >= 15 is 0 Å². The maximum Gasteiger partial charge on any atom is 0.254 e. The van der Waals surface area contributed by atoms with Crippen LogP contribution < -0.4 is 4.74 Å². The molecule has 1 unspecified atom stereocenters. The summed E-state index contributed by atoms with van der Waals surface area (Å²) in [5.74, 6) is 1.82. The van der Waals surface area contributed by atoms with E-state index in [0.29, 0.717) is 25.3 Å². The van der Waals surface area contributed by atoms with Crippen LogP contribution in [0.5, 0.6) is 5.75 Å². The number of imidazole rings is 1. The maximum atomic E-state index is 13.6. The third kappa shape index (κ3) is 3.72. The second-order valence-electron chi connectivity index (χ2n) is 7.46. The zero-order valence-corrected chi connectivity index (χ0v) is 17.2. The Morgan fingerprint density at radius 3 is 2.97 bits per heavy atom. The molecule has 0 aliphatic carbocycles. The van der Waals surface area contributed by atoms with E-state index in [9.17, 15) is 4.79 Å². The Kier molecular flexibility index (Phi) is 5.53. The quantitative estimate of drug-likeness (QED) is 0.597. The van der Waals surface area contributed by atoms with Gasteiger partial charge in [-0.3, -0.25) is 4.79 Å². The van der Waals surface area contributed by atoms with Crippen molar-refractivity contribution in [3.8, 4) is 5.75 Å². The molecule has 6 nitrogen and oxygen atoms in total. The Balaban J connectivity index is 1.69. The van der Waals surface area contributed by atoms with Gasteiger partial charge in [-0.05, 0) is 37.6 Å². The number of hydrogen-bond donors (Lipinski definition) is 0. The monoisotopic (exact) mass is 393 g/mol. The van der Waals surface area contributed by atoms with Crippen LogP contribution in [-0.2, 0) is 11.8 Å². The summed E-state index contributed by atoms with van der Waals surface area (Å²) in [5.41, 5.74) is 3.61. The molecule has 0 N–H and O–H groups in total. The lowest BCUT2D eigenvalue weighted by atomic mass is 9.97. The Morgan fingerprint density at radius 2 is 2.14 bits per heavy atom. The van der Waals surface area contributed by atoms with E-state index in [1.54, 1.807) is 7.11 Å². The van der Waals surface area contributed by atoms with E-state index in [1.807, 2.05) is 59.8 Å². The van der Waals surface area contributed by atoms with Crippen LogP contribution >= 0.6 is 0 Å². The third-order valence-electron chi connectivity index (χ3n) is 5.66. The molecule has 6 heteroatoms. The van der Waals surface area contributed by atoms with Gasteiger partial charge in [0.2, 0.25) is 0 Å². The van der Waals surface area contributed by atoms with Gasteiger partial charge in [0.1, 0.15) is 11.6 Å². The van der Waals surface area contributed by atoms with Gasteiger partial charge < -0.3 is 18.9 Å². The second-order valence-corrected chi connectivity index (χ2v) is 7.46. The number of aryl methyl sites for hydroxylation is 2. The van der Waals surface area contributed by atoms with Crippen molar-refractivity contribution in [2.24, 2.45) is 7.05 Å². The molecular weight excluding hydrogens is 366 g/mol. The van der Waals surface area contributed by atoms with Crippen LogP contribution in [0.2, 0.25) is 0 Å². The van der Waals surface area contributed by atoms with Crippen molar-refractivity contribution in [2.45, 2.75) is 25.8 Å². The fourth-order valence-corrected chi connectivity index (χ4v) is 4.04. The van der Waals surface area contributed by atoms with Crippen LogP contribution in [0, 0.1) is 6.92 Å². The SMILES string of the molecule is COCCCN(C(=O)c1ccc2c(c1)nc(C)n2C)C1CCOc2ccccc21. The number of carbonyl (C=O) groups is 1. The first-order chi connectivity index (χ1) is 14.1. The van der Waals surface area contributed by atoms with Crippen LogP contribution in [0.25, 0.3) is 11.0 Å². The van der Waals surface area contributed by atoms with Crippen molar-refractivity contribution in [2.75, 3.05) is 26.9 Å². The van der Waals surface area contributed by atoms with Crippen molar-refractivity contribution < 1.29 is 14.3 Å². The predicted octanol–water partition coefficient (Wildman–Crippen LogP) is 3.88. The lowest BCUT2D eigenvalue weighted by Crippen LogP contribution is -2.38. The van der Waals surface area contributed by atoms with Gasteiger partial charge in [0.25, 0.3) is 5.91 Å². The largest absolute Gasteiger partial charge is 0.493 e. The highest BCUT2D eigenvalue weighted by Gasteiger charge is 2.30. The van der Waals surface area contributed by atoms with Crippen molar-refractivity contribution in [1.82, 2.24) is 14.5 Å². The number of aromatic nitrogens is 2. The molecule has 2 aromatic carbocycles. The minimum absolute atomic E-state index is 0.00882. The zero-order valence-electron chi connectivity index (χ0n) is 17.2. The van der Waals surface area contributed by atoms with E-state index in [0.717, 1.165) is 41.0 Å². The number of hydrogen-bond acceptors (Lipinski definition) is 4. The van der Waals surface area contributed by atoms with E-state index < -0.39 is 0 Å². The predicted molar refractivity (Wildman–Crippen MR) is 112 cm³/mol. The topological polar surface area (TPSA) is 56.6 Å². The number of carbonyl (C=O) groups excluding carboxylic acids is 1. The zero-order chi connectivity index (χ0) is 20.4. The minimum Gasteiger partial charge on any atom is -0.493 e. The number of ether oxygens (including phenoxy) is 2. The first kappa shape index (κ1) is 19.5. The van der Waals surface area contributed by atoms with Gasteiger partial charge in [-0.1, -0.05) is 18.2 Å². The summed E-state index contributed by atoms with van der Waals surface area (Å²) in [5, 5.41) is 0. The Bertz CT molecular complexity index is 1030. The van der Waals surface area contributed by atoms with E-state index in [-0.39, 0.29) is 11.9 Å². The minimum atomic E-state index is -0.00882. The molecule has 152 valence electrons. The summed E-state index contributed by atoms with van der Waals surface area (Å²) in [7, 11) is 3.68. The third-order valence-corrected chi connectivity index (χ3v) is 5.66.